The molecule has 0 spiro atoms. The summed E-state index contributed by atoms with van der Waals surface area (Å²) in [5, 5.41) is 2.63. The lowest BCUT2D eigenvalue weighted by Gasteiger charge is -2.17. The highest BCUT2D eigenvalue weighted by Gasteiger charge is 2.40. The lowest BCUT2D eigenvalue weighted by Crippen LogP contribution is -2.28. The molecule has 2 bridgehead atoms. The molecule has 0 aromatic heterocycles. The summed E-state index contributed by atoms with van der Waals surface area (Å²) in [5.41, 5.74) is 0.462. The van der Waals surface area contributed by atoms with Gasteiger partial charge in [0.2, 0.25) is 10.0 Å². The molecule has 1 aliphatic heterocycles. The van der Waals surface area contributed by atoms with Gasteiger partial charge in [-0.15, -0.1) is 0 Å². The number of esters is 1. The highest BCUT2D eigenvalue weighted by atomic mass is 32.2. The molecule has 3 atom stereocenters. The maximum Gasteiger partial charge on any atom is 0.310 e. The second-order valence-corrected chi connectivity index (χ2v) is 9.62. The number of allylic oxidation sites excluding steroid dienone is 2. The van der Waals surface area contributed by atoms with Crippen molar-refractivity contribution >= 4 is 27.6 Å². The van der Waals surface area contributed by atoms with Crippen molar-refractivity contribution in [1.82, 2.24) is 4.31 Å². The first-order valence-electron chi connectivity index (χ1n) is 9.68. The average Bonchev–Trinajstić information content (AvgIpc) is 3.44. The number of fused-ring (bicyclic) bond motifs is 2. The Labute approximate surface area is 164 Å². The summed E-state index contributed by atoms with van der Waals surface area (Å²) in [6.45, 7) is 0.749. The van der Waals surface area contributed by atoms with E-state index < -0.39 is 15.9 Å². The van der Waals surface area contributed by atoms with Crippen LogP contribution in [0.5, 0.6) is 0 Å². The minimum atomic E-state index is -3.47. The van der Waals surface area contributed by atoms with E-state index in [1.54, 1.807) is 12.1 Å². The molecule has 28 heavy (non-hydrogen) atoms. The molecule has 1 aromatic rings. The monoisotopic (exact) mass is 404 g/mol. The minimum Gasteiger partial charge on any atom is -0.455 e. The zero-order chi connectivity index (χ0) is 19.7. The van der Waals surface area contributed by atoms with Gasteiger partial charge in [-0.05, 0) is 61.8 Å². The smallest absolute Gasteiger partial charge is 0.310 e. The number of hydrogen-bond acceptors (Lipinski definition) is 5. The highest BCUT2D eigenvalue weighted by molar-refractivity contribution is 7.89. The number of rotatable bonds is 6. The van der Waals surface area contributed by atoms with Crippen LogP contribution in [-0.4, -0.2) is 44.3 Å². The van der Waals surface area contributed by atoms with E-state index in [4.69, 9.17) is 4.74 Å². The number of anilines is 1. The largest absolute Gasteiger partial charge is 0.455 e. The normalized spacial score (nSPS) is 26.5. The molecule has 8 heteroatoms. The molecular formula is C20H24N2O5S. The second kappa shape index (κ2) is 7.67. The van der Waals surface area contributed by atoms with Gasteiger partial charge in [-0.2, -0.15) is 4.31 Å². The summed E-state index contributed by atoms with van der Waals surface area (Å²) in [5.74, 6) is -0.198. The number of benzene rings is 1. The molecule has 7 nitrogen and oxygen atoms in total. The molecule has 1 N–H and O–H groups in total. The Morgan fingerprint density at radius 3 is 2.39 bits per heavy atom. The summed E-state index contributed by atoms with van der Waals surface area (Å²) in [6.07, 6.45) is 7.77. The van der Waals surface area contributed by atoms with E-state index >= 15 is 0 Å². The lowest BCUT2D eigenvalue weighted by atomic mass is 9.94. The van der Waals surface area contributed by atoms with Crippen molar-refractivity contribution < 1.29 is 22.7 Å². The van der Waals surface area contributed by atoms with Gasteiger partial charge in [0.15, 0.2) is 6.61 Å². The molecule has 1 saturated carbocycles. The standard InChI is InChI=1S/C20H24N2O5S/c23-19(13-27-20(24)18-12-14-3-4-15(18)11-14)21-16-5-7-17(8-6-16)28(25,26)22-9-1-2-10-22/h3-8,14-15,18H,1-2,9-13H2,(H,21,23)/t14-,15-,18+/m0/s1. The molecule has 1 aromatic carbocycles. The third-order valence-corrected chi connectivity index (χ3v) is 7.68. The number of carbonyl (C=O) groups excluding carboxylic acids is 2. The number of sulfonamides is 1. The predicted octanol–water partition coefficient (Wildman–Crippen LogP) is 2.17. The van der Waals surface area contributed by atoms with Crippen molar-refractivity contribution in [3.63, 3.8) is 0 Å². The predicted molar refractivity (Wildman–Crippen MR) is 103 cm³/mol. The van der Waals surface area contributed by atoms with Crippen LogP contribution in [0.1, 0.15) is 25.7 Å². The first kappa shape index (κ1) is 19.1. The molecule has 1 saturated heterocycles. The number of amides is 1. The fourth-order valence-electron chi connectivity index (χ4n) is 4.28. The van der Waals surface area contributed by atoms with E-state index in [9.17, 15) is 18.0 Å². The minimum absolute atomic E-state index is 0.141. The van der Waals surface area contributed by atoms with Gasteiger partial charge in [0.25, 0.3) is 5.91 Å². The van der Waals surface area contributed by atoms with Gasteiger partial charge < -0.3 is 10.1 Å². The molecule has 3 aliphatic rings. The maximum atomic E-state index is 12.5. The first-order valence-corrected chi connectivity index (χ1v) is 11.1. The Morgan fingerprint density at radius 2 is 1.79 bits per heavy atom. The second-order valence-electron chi connectivity index (χ2n) is 7.68. The SMILES string of the molecule is O=C(COC(=O)[C@@H]1C[C@H]2C=C[C@H]1C2)Nc1ccc(S(=O)(=O)N2CCCC2)cc1. The van der Waals surface area contributed by atoms with E-state index in [1.165, 1.54) is 16.4 Å². The van der Waals surface area contributed by atoms with E-state index in [0.717, 1.165) is 25.7 Å². The van der Waals surface area contributed by atoms with Crippen molar-refractivity contribution in [3.05, 3.63) is 36.4 Å². The van der Waals surface area contributed by atoms with Crippen LogP contribution in [0.2, 0.25) is 0 Å². The number of carbonyl (C=O) groups is 2. The van der Waals surface area contributed by atoms with Gasteiger partial charge in [0.1, 0.15) is 0 Å². The summed E-state index contributed by atoms with van der Waals surface area (Å²) < 4.78 is 31.7. The molecule has 0 radical (unpaired) electrons. The van der Waals surface area contributed by atoms with Crippen molar-refractivity contribution in [2.75, 3.05) is 25.0 Å². The third kappa shape index (κ3) is 3.84. The number of nitrogens with zero attached hydrogens (tertiary/aromatic N) is 1. The molecule has 1 amide bonds. The Bertz CT molecular complexity index is 888. The van der Waals surface area contributed by atoms with Gasteiger partial charge in [-0.3, -0.25) is 9.59 Å². The Hall–Kier alpha value is -2.19. The fourth-order valence-corrected chi connectivity index (χ4v) is 5.80. The summed E-state index contributed by atoms with van der Waals surface area (Å²) >= 11 is 0. The number of ether oxygens (including phenoxy) is 1. The molecule has 150 valence electrons. The molecule has 2 fully saturated rings. The van der Waals surface area contributed by atoms with Crippen LogP contribution < -0.4 is 5.32 Å². The van der Waals surface area contributed by atoms with Crippen molar-refractivity contribution in [2.24, 2.45) is 17.8 Å². The molecular weight excluding hydrogens is 380 g/mol. The fraction of sp³-hybridized carbons (Fsp3) is 0.500. The molecule has 4 rings (SSSR count). The van der Waals surface area contributed by atoms with Gasteiger partial charge in [0.05, 0.1) is 10.8 Å². The van der Waals surface area contributed by atoms with Gasteiger partial charge >= 0.3 is 5.97 Å². The quantitative estimate of drug-likeness (QED) is 0.579. The van der Waals surface area contributed by atoms with Gasteiger partial charge in [-0.1, -0.05) is 12.2 Å². The topological polar surface area (TPSA) is 92.8 Å². The average molecular weight is 404 g/mol. The van der Waals surface area contributed by atoms with Gasteiger partial charge in [-0.25, -0.2) is 8.42 Å². The van der Waals surface area contributed by atoms with Crippen LogP contribution in [0.15, 0.2) is 41.3 Å². The third-order valence-electron chi connectivity index (χ3n) is 5.77. The van der Waals surface area contributed by atoms with Crippen LogP contribution in [0.25, 0.3) is 0 Å². The molecule has 0 unspecified atom stereocenters. The highest BCUT2D eigenvalue weighted by Crippen LogP contribution is 2.43. The van der Waals surface area contributed by atoms with Crippen LogP contribution in [0.3, 0.4) is 0 Å². The van der Waals surface area contributed by atoms with Crippen LogP contribution in [-0.2, 0) is 24.3 Å². The van der Waals surface area contributed by atoms with E-state index in [0.29, 0.717) is 24.7 Å². The summed E-state index contributed by atoms with van der Waals surface area (Å²) in [6, 6.07) is 6.06. The summed E-state index contributed by atoms with van der Waals surface area (Å²) in [7, 11) is -3.47. The Balaban J connectivity index is 1.29. The molecule has 2 aliphatic carbocycles. The van der Waals surface area contributed by atoms with Crippen LogP contribution >= 0.6 is 0 Å². The first-order chi connectivity index (χ1) is 13.4. The summed E-state index contributed by atoms with van der Waals surface area (Å²) in [4.78, 5) is 24.4. The number of nitrogens with one attached hydrogen (secondary N) is 1. The van der Waals surface area contributed by atoms with Crippen LogP contribution in [0, 0.1) is 17.8 Å². The lowest BCUT2D eigenvalue weighted by molar-refractivity contribution is -0.152. The zero-order valence-corrected chi connectivity index (χ0v) is 16.4. The van der Waals surface area contributed by atoms with E-state index in [1.807, 2.05) is 0 Å². The zero-order valence-electron chi connectivity index (χ0n) is 15.5. The van der Waals surface area contributed by atoms with E-state index in [2.05, 4.69) is 17.5 Å². The van der Waals surface area contributed by atoms with Crippen molar-refractivity contribution in [3.8, 4) is 0 Å². The van der Waals surface area contributed by atoms with Crippen molar-refractivity contribution in [2.45, 2.75) is 30.6 Å². The maximum absolute atomic E-state index is 12.5. The molecule has 1 heterocycles. The Morgan fingerprint density at radius 1 is 1.07 bits per heavy atom. The number of hydrogen-bond donors (Lipinski definition) is 1. The Kier molecular flexibility index (Phi) is 5.25. The van der Waals surface area contributed by atoms with E-state index in [-0.39, 0.29) is 29.3 Å². The van der Waals surface area contributed by atoms with Crippen LogP contribution in [0.4, 0.5) is 5.69 Å². The van der Waals surface area contributed by atoms with Crippen molar-refractivity contribution in [1.29, 1.82) is 0 Å². The van der Waals surface area contributed by atoms with Gasteiger partial charge in [0, 0.05) is 18.8 Å².